The van der Waals surface area contributed by atoms with Crippen molar-refractivity contribution in [1.29, 1.82) is 0 Å². The zero-order valence-corrected chi connectivity index (χ0v) is 16.2. The first-order valence-electron chi connectivity index (χ1n) is 8.54. The van der Waals surface area contributed by atoms with Crippen molar-refractivity contribution in [3.05, 3.63) is 74.2 Å². The lowest BCUT2D eigenvalue weighted by Crippen LogP contribution is -2.29. The first kappa shape index (κ1) is 19.6. The van der Waals surface area contributed by atoms with Crippen molar-refractivity contribution in [2.75, 3.05) is 6.61 Å². The molecule has 0 saturated heterocycles. The summed E-state index contributed by atoms with van der Waals surface area (Å²) in [5, 5.41) is 12.6. The van der Waals surface area contributed by atoms with Crippen LogP contribution in [0.2, 0.25) is 5.02 Å². The molecule has 0 radical (unpaired) electrons. The molecular weight excluding hydrogens is 378 g/mol. The molecule has 142 valence electrons. The first-order chi connectivity index (χ1) is 13.4. The van der Waals surface area contributed by atoms with Crippen LogP contribution in [-0.4, -0.2) is 27.2 Å². The van der Waals surface area contributed by atoms with Crippen molar-refractivity contribution in [3.8, 4) is 11.8 Å². The lowest BCUT2D eigenvalue weighted by Gasteiger charge is -2.11. The smallest absolute Gasteiger partial charge is 0.257 e. The minimum atomic E-state index is -0.471. The van der Waals surface area contributed by atoms with E-state index in [4.69, 9.17) is 16.7 Å². The Labute approximate surface area is 166 Å². The van der Waals surface area contributed by atoms with Gasteiger partial charge < -0.3 is 15.0 Å². The van der Waals surface area contributed by atoms with Gasteiger partial charge in [-0.1, -0.05) is 35.6 Å². The van der Waals surface area contributed by atoms with Crippen LogP contribution < -0.4 is 10.7 Å². The number of carbonyl (C=O) groups is 1. The number of nitrogens with zero attached hydrogens (tertiary/aromatic N) is 2. The molecule has 0 unspecified atom stereocenters. The number of aryl methyl sites for hydroxylation is 2. The number of aromatic nitrogens is 2. The molecule has 0 saturated carbocycles. The SMILES string of the molecule is Cc1nc2c(cc1C#CCO)c(=O)c(C(=O)NCc1ccc(Cl)cc1)cn2C. The van der Waals surface area contributed by atoms with Gasteiger partial charge in [-0.25, -0.2) is 4.98 Å². The normalized spacial score (nSPS) is 10.4. The molecule has 7 heteroatoms. The van der Waals surface area contributed by atoms with Crippen LogP contribution in [0.15, 0.2) is 41.3 Å². The van der Waals surface area contributed by atoms with E-state index in [-0.39, 0.29) is 18.7 Å². The van der Waals surface area contributed by atoms with Gasteiger partial charge in [0.1, 0.15) is 17.8 Å². The predicted octanol–water partition coefficient (Wildman–Crippen LogP) is 2.17. The van der Waals surface area contributed by atoms with E-state index in [1.165, 1.54) is 6.20 Å². The third kappa shape index (κ3) is 4.06. The molecule has 28 heavy (non-hydrogen) atoms. The second kappa shape index (κ2) is 8.26. The van der Waals surface area contributed by atoms with E-state index in [0.717, 1.165) is 5.56 Å². The maximum Gasteiger partial charge on any atom is 0.257 e. The second-order valence-electron chi connectivity index (χ2n) is 6.24. The number of hydrogen-bond acceptors (Lipinski definition) is 4. The van der Waals surface area contributed by atoms with Crippen LogP contribution in [0.4, 0.5) is 0 Å². The zero-order chi connectivity index (χ0) is 20.3. The molecule has 0 aliphatic rings. The number of amides is 1. The Bertz CT molecular complexity index is 1170. The van der Waals surface area contributed by atoms with Gasteiger partial charge in [-0.2, -0.15) is 0 Å². The third-order valence-corrected chi connectivity index (χ3v) is 4.50. The summed E-state index contributed by atoms with van der Waals surface area (Å²) < 4.78 is 1.64. The summed E-state index contributed by atoms with van der Waals surface area (Å²) in [6.07, 6.45) is 1.48. The van der Waals surface area contributed by atoms with Crippen molar-refractivity contribution in [2.24, 2.45) is 7.05 Å². The minimum Gasteiger partial charge on any atom is -0.384 e. The number of halogens is 1. The van der Waals surface area contributed by atoms with Crippen molar-refractivity contribution >= 4 is 28.5 Å². The number of benzene rings is 1. The Kier molecular flexibility index (Phi) is 5.78. The Hall–Kier alpha value is -3.14. The van der Waals surface area contributed by atoms with Crippen molar-refractivity contribution in [1.82, 2.24) is 14.9 Å². The molecule has 0 atom stereocenters. The number of aliphatic hydroxyl groups excluding tert-OH is 1. The van der Waals surface area contributed by atoms with E-state index in [2.05, 4.69) is 22.1 Å². The Morgan fingerprint density at radius 1 is 1.32 bits per heavy atom. The number of carbonyl (C=O) groups excluding carboxylic acids is 1. The fraction of sp³-hybridized carbons (Fsp3) is 0.190. The number of nitrogens with one attached hydrogen (secondary N) is 1. The Balaban J connectivity index is 1.97. The highest BCUT2D eigenvalue weighted by atomic mass is 35.5. The number of rotatable bonds is 3. The molecule has 0 spiro atoms. The summed E-state index contributed by atoms with van der Waals surface area (Å²) in [7, 11) is 1.73. The number of aliphatic hydroxyl groups is 1. The molecule has 2 heterocycles. The van der Waals surface area contributed by atoms with Gasteiger partial charge in [-0.05, 0) is 30.7 Å². The van der Waals surface area contributed by atoms with E-state index in [1.54, 1.807) is 48.9 Å². The molecule has 3 rings (SSSR count). The van der Waals surface area contributed by atoms with Crippen LogP contribution in [0.5, 0.6) is 0 Å². The van der Waals surface area contributed by atoms with Crippen LogP contribution in [0, 0.1) is 18.8 Å². The molecule has 1 amide bonds. The lowest BCUT2D eigenvalue weighted by molar-refractivity contribution is 0.0949. The average molecular weight is 396 g/mol. The fourth-order valence-electron chi connectivity index (χ4n) is 2.79. The molecule has 0 aliphatic heterocycles. The summed E-state index contributed by atoms with van der Waals surface area (Å²) in [5.41, 5.74) is 2.12. The maximum atomic E-state index is 12.9. The third-order valence-electron chi connectivity index (χ3n) is 4.25. The molecule has 6 nitrogen and oxygen atoms in total. The largest absolute Gasteiger partial charge is 0.384 e. The monoisotopic (exact) mass is 395 g/mol. The van der Waals surface area contributed by atoms with Crippen LogP contribution >= 0.6 is 11.6 Å². The van der Waals surface area contributed by atoms with Crippen LogP contribution in [0.25, 0.3) is 11.0 Å². The molecule has 0 bridgehead atoms. The quantitative estimate of drug-likeness (QED) is 0.666. The summed E-state index contributed by atoms with van der Waals surface area (Å²) in [5.74, 6) is 4.86. The van der Waals surface area contributed by atoms with Gasteiger partial charge >= 0.3 is 0 Å². The van der Waals surface area contributed by atoms with Crippen LogP contribution in [0.1, 0.15) is 27.2 Å². The van der Waals surface area contributed by atoms with E-state index in [0.29, 0.717) is 27.3 Å². The molecule has 2 N–H and O–H groups in total. The zero-order valence-electron chi connectivity index (χ0n) is 15.4. The van der Waals surface area contributed by atoms with Gasteiger partial charge in [0, 0.05) is 30.4 Å². The lowest BCUT2D eigenvalue weighted by atomic mass is 10.1. The van der Waals surface area contributed by atoms with Crippen molar-refractivity contribution in [2.45, 2.75) is 13.5 Å². The van der Waals surface area contributed by atoms with Gasteiger partial charge in [0.25, 0.3) is 5.91 Å². The molecule has 2 aromatic heterocycles. The van der Waals surface area contributed by atoms with Crippen molar-refractivity contribution < 1.29 is 9.90 Å². The molecule has 3 aromatic rings. The molecular formula is C21H18ClN3O3. The molecule has 0 aliphatic carbocycles. The van der Waals surface area contributed by atoms with Gasteiger partial charge in [-0.15, -0.1) is 0 Å². The van der Waals surface area contributed by atoms with Gasteiger partial charge in [-0.3, -0.25) is 9.59 Å². The van der Waals surface area contributed by atoms with E-state index < -0.39 is 11.3 Å². The highest BCUT2D eigenvalue weighted by Crippen LogP contribution is 2.14. The Morgan fingerprint density at radius 2 is 2.04 bits per heavy atom. The van der Waals surface area contributed by atoms with Gasteiger partial charge in [0.15, 0.2) is 0 Å². The summed E-state index contributed by atoms with van der Waals surface area (Å²) in [6, 6.07) is 8.69. The highest BCUT2D eigenvalue weighted by Gasteiger charge is 2.16. The van der Waals surface area contributed by atoms with Crippen molar-refractivity contribution in [3.63, 3.8) is 0 Å². The van der Waals surface area contributed by atoms with E-state index >= 15 is 0 Å². The number of fused-ring (bicyclic) bond motifs is 1. The standard InChI is InChI=1S/C21H18ClN3O3/c1-13-15(4-3-9-26)10-17-19(27)18(12-25(2)20(17)24-13)21(28)23-11-14-5-7-16(22)8-6-14/h5-8,10,12,26H,9,11H2,1-2H3,(H,23,28). The maximum absolute atomic E-state index is 12.9. The van der Waals surface area contributed by atoms with Crippen LogP contribution in [-0.2, 0) is 13.6 Å². The molecule has 1 aromatic carbocycles. The second-order valence-corrected chi connectivity index (χ2v) is 6.68. The fourth-order valence-corrected chi connectivity index (χ4v) is 2.92. The summed E-state index contributed by atoms with van der Waals surface area (Å²) in [6.45, 7) is 1.76. The van der Waals surface area contributed by atoms with Gasteiger partial charge in [0.05, 0.1) is 11.1 Å². The highest BCUT2D eigenvalue weighted by molar-refractivity contribution is 6.30. The van der Waals surface area contributed by atoms with Crippen LogP contribution in [0.3, 0.4) is 0 Å². The minimum absolute atomic E-state index is 0.0238. The summed E-state index contributed by atoms with van der Waals surface area (Å²) >= 11 is 5.86. The molecule has 0 fully saturated rings. The predicted molar refractivity (Wildman–Crippen MR) is 108 cm³/mol. The number of pyridine rings is 2. The average Bonchev–Trinajstić information content (AvgIpc) is 2.68. The topological polar surface area (TPSA) is 84.2 Å². The summed E-state index contributed by atoms with van der Waals surface area (Å²) in [4.78, 5) is 29.9. The van der Waals surface area contributed by atoms with Gasteiger partial charge in [0.2, 0.25) is 5.43 Å². The van der Waals surface area contributed by atoms with E-state index in [9.17, 15) is 9.59 Å². The van der Waals surface area contributed by atoms with E-state index in [1.807, 2.05) is 0 Å². The number of hydrogen-bond donors (Lipinski definition) is 2. The Morgan fingerprint density at radius 3 is 2.71 bits per heavy atom. The first-order valence-corrected chi connectivity index (χ1v) is 8.92.